The van der Waals surface area contributed by atoms with Gasteiger partial charge >= 0.3 is 0 Å². The van der Waals surface area contributed by atoms with Crippen LogP contribution in [0.15, 0.2) is 0 Å². The number of aromatic nitrogens is 1. The van der Waals surface area contributed by atoms with Crippen LogP contribution in [0.4, 0.5) is 10.9 Å². The number of hydrogen-bond donors (Lipinski definition) is 3. The van der Waals surface area contributed by atoms with Gasteiger partial charge in [0, 0.05) is 12.1 Å². The first kappa shape index (κ1) is 14.1. The van der Waals surface area contributed by atoms with Crippen molar-refractivity contribution in [2.75, 3.05) is 17.6 Å². The molecule has 0 bridgehead atoms. The Morgan fingerprint density at radius 2 is 2.16 bits per heavy atom. The van der Waals surface area contributed by atoms with E-state index in [2.05, 4.69) is 15.6 Å². The minimum absolute atomic E-state index is 0.0932. The van der Waals surface area contributed by atoms with Crippen LogP contribution < -0.4 is 16.4 Å². The van der Waals surface area contributed by atoms with Crippen molar-refractivity contribution in [2.45, 2.75) is 45.6 Å². The highest BCUT2D eigenvalue weighted by Gasteiger charge is 2.22. The highest BCUT2D eigenvalue weighted by atomic mass is 32.1. The first-order valence-electron chi connectivity index (χ1n) is 6.68. The first-order valence-corrected chi connectivity index (χ1v) is 7.49. The maximum absolute atomic E-state index is 12.0. The molecular formula is C13H22N4OS. The van der Waals surface area contributed by atoms with E-state index in [4.69, 9.17) is 5.73 Å². The maximum atomic E-state index is 12.0. The lowest BCUT2D eigenvalue weighted by Gasteiger charge is -2.19. The number of carbonyl (C=O) groups is 1. The molecule has 0 unspecified atom stereocenters. The van der Waals surface area contributed by atoms with Crippen LogP contribution in [0, 0.1) is 5.92 Å². The number of nitrogens with zero attached hydrogens (tertiary/aromatic N) is 1. The zero-order valence-electron chi connectivity index (χ0n) is 11.7. The van der Waals surface area contributed by atoms with Crippen LogP contribution in [0.5, 0.6) is 0 Å². The van der Waals surface area contributed by atoms with Crippen LogP contribution in [-0.4, -0.2) is 23.0 Å². The Balaban J connectivity index is 1.92. The Hall–Kier alpha value is -1.30. The summed E-state index contributed by atoms with van der Waals surface area (Å²) in [4.78, 5) is 16.7. The SMILES string of the molecule is CC(C)(C)Nc1nc(N)c(C(=O)NCCC2CC2)s1. The predicted octanol–water partition coefficient (Wildman–Crippen LogP) is 2.47. The van der Waals surface area contributed by atoms with E-state index in [0.717, 1.165) is 18.9 Å². The van der Waals surface area contributed by atoms with Crippen LogP contribution in [0.2, 0.25) is 0 Å². The summed E-state index contributed by atoms with van der Waals surface area (Å²) in [5.74, 6) is 1.01. The number of thiazole rings is 1. The largest absolute Gasteiger partial charge is 0.382 e. The molecule has 5 nitrogen and oxygen atoms in total. The van der Waals surface area contributed by atoms with Gasteiger partial charge in [-0.3, -0.25) is 4.79 Å². The normalized spacial score (nSPS) is 15.3. The zero-order chi connectivity index (χ0) is 14.0. The molecule has 0 atom stereocenters. The van der Waals surface area contributed by atoms with Gasteiger partial charge < -0.3 is 16.4 Å². The average Bonchev–Trinajstić information content (AvgIpc) is 3.01. The second-order valence-electron chi connectivity index (χ2n) is 6.10. The van der Waals surface area contributed by atoms with Crippen molar-refractivity contribution in [2.24, 2.45) is 5.92 Å². The van der Waals surface area contributed by atoms with Crippen LogP contribution in [0.3, 0.4) is 0 Å². The van der Waals surface area contributed by atoms with Crippen molar-refractivity contribution in [3.8, 4) is 0 Å². The van der Waals surface area contributed by atoms with Gasteiger partial charge in [-0.25, -0.2) is 4.98 Å². The number of amides is 1. The Morgan fingerprint density at radius 3 is 2.74 bits per heavy atom. The molecule has 0 spiro atoms. The number of nitrogens with one attached hydrogen (secondary N) is 2. The standard InChI is InChI=1S/C13H22N4OS/c1-13(2,3)17-12-16-10(14)9(19-12)11(18)15-7-6-8-4-5-8/h8H,4-7,14H2,1-3H3,(H,15,18)(H,16,17). The predicted molar refractivity (Wildman–Crippen MR) is 79.6 cm³/mol. The van der Waals surface area contributed by atoms with Gasteiger partial charge in [-0.15, -0.1) is 0 Å². The molecule has 1 saturated carbocycles. The van der Waals surface area contributed by atoms with Gasteiger partial charge in [-0.2, -0.15) is 0 Å². The van der Waals surface area contributed by atoms with Crippen molar-refractivity contribution in [1.82, 2.24) is 10.3 Å². The van der Waals surface area contributed by atoms with E-state index in [1.165, 1.54) is 24.2 Å². The third kappa shape index (κ3) is 4.38. The molecule has 0 aromatic carbocycles. The smallest absolute Gasteiger partial charge is 0.265 e. The fourth-order valence-electron chi connectivity index (χ4n) is 1.75. The zero-order valence-corrected chi connectivity index (χ0v) is 12.6. The van der Waals surface area contributed by atoms with Crippen molar-refractivity contribution in [3.63, 3.8) is 0 Å². The van der Waals surface area contributed by atoms with Gasteiger partial charge in [0.15, 0.2) is 5.13 Å². The number of anilines is 2. The topological polar surface area (TPSA) is 80.0 Å². The third-order valence-electron chi connectivity index (χ3n) is 2.88. The number of hydrogen-bond acceptors (Lipinski definition) is 5. The summed E-state index contributed by atoms with van der Waals surface area (Å²) in [6.07, 6.45) is 3.67. The fraction of sp³-hybridized carbons (Fsp3) is 0.692. The number of nitrogens with two attached hydrogens (primary N) is 1. The van der Waals surface area contributed by atoms with Crippen LogP contribution >= 0.6 is 11.3 Å². The molecule has 1 aromatic rings. The molecule has 6 heteroatoms. The summed E-state index contributed by atoms with van der Waals surface area (Å²) in [5.41, 5.74) is 5.71. The van der Waals surface area contributed by atoms with Gasteiger partial charge in [0.25, 0.3) is 5.91 Å². The lowest BCUT2D eigenvalue weighted by Crippen LogP contribution is -2.25. The van der Waals surface area contributed by atoms with Gasteiger partial charge in [0.1, 0.15) is 10.7 Å². The first-order chi connectivity index (χ1) is 8.85. The quantitative estimate of drug-likeness (QED) is 0.775. The monoisotopic (exact) mass is 282 g/mol. The summed E-state index contributed by atoms with van der Waals surface area (Å²) in [6, 6.07) is 0. The summed E-state index contributed by atoms with van der Waals surface area (Å²) in [5, 5.41) is 6.83. The van der Waals surface area contributed by atoms with E-state index in [1.807, 2.05) is 20.8 Å². The van der Waals surface area contributed by atoms with Crippen LogP contribution in [0.1, 0.15) is 49.7 Å². The summed E-state index contributed by atoms with van der Waals surface area (Å²) < 4.78 is 0. The minimum Gasteiger partial charge on any atom is -0.382 e. The van der Waals surface area contributed by atoms with E-state index < -0.39 is 0 Å². The third-order valence-corrected chi connectivity index (χ3v) is 3.86. The molecular weight excluding hydrogens is 260 g/mol. The molecule has 0 radical (unpaired) electrons. The Morgan fingerprint density at radius 1 is 1.47 bits per heavy atom. The summed E-state index contributed by atoms with van der Waals surface area (Å²) in [6.45, 7) is 6.85. The maximum Gasteiger partial charge on any atom is 0.265 e. The minimum atomic E-state index is -0.113. The second kappa shape index (κ2) is 5.36. The van der Waals surface area contributed by atoms with E-state index in [9.17, 15) is 4.79 Å². The molecule has 4 N–H and O–H groups in total. The number of rotatable bonds is 5. The van der Waals surface area contributed by atoms with Gasteiger partial charge in [-0.05, 0) is 33.1 Å². The lowest BCUT2D eigenvalue weighted by molar-refractivity contribution is 0.0957. The average molecular weight is 282 g/mol. The lowest BCUT2D eigenvalue weighted by atomic mass is 10.1. The summed E-state index contributed by atoms with van der Waals surface area (Å²) >= 11 is 1.31. The van der Waals surface area contributed by atoms with Gasteiger partial charge in [-0.1, -0.05) is 24.2 Å². The van der Waals surface area contributed by atoms with Crippen LogP contribution in [-0.2, 0) is 0 Å². The molecule has 1 aliphatic rings. The number of carbonyl (C=O) groups excluding carboxylic acids is 1. The highest BCUT2D eigenvalue weighted by Crippen LogP contribution is 2.32. The van der Waals surface area contributed by atoms with E-state index in [1.54, 1.807) is 0 Å². The molecule has 1 aromatic heterocycles. The second-order valence-corrected chi connectivity index (χ2v) is 7.10. The number of nitrogen functional groups attached to an aromatic ring is 1. The Labute approximate surface area is 118 Å². The van der Waals surface area contributed by atoms with E-state index >= 15 is 0 Å². The highest BCUT2D eigenvalue weighted by molar-refractivity contribution is 7.18. The van der Waals surface area contributed by atoms with Crippen molar-refractivity contribution < 1.29 is 4.79 Å². The van der Waals surface area contributed by atoms with Crippen molar-refractivity contribution in [1.29, 1.82) is 0 Å². The molecule has 1 amide bonds. The molecule has 0 aliphatic heterocycles. The molecule has 0 saturated heterocycles. The molecule has 1 aliphatic carbocycles. The Kier molecular flexibility index (Phi) is 3.99. The fourth-order valence-corrected chi connectivity index (χ4v) is 2.76. The summed E-state index contributed by atoms with van der Waals surface area (Å²) in [7, 11) is 0. The van der Waals surface area contributed by atoms with Gasteiger partial charge in [0.05, 0.1) is 0 Å². The Bertz CT molecular complexity index is 460. The molecule has 106 valence electrons. The molecule has 1 heterocycles. The molecule has 2 rings (SSSR count). The van der Waals surface area contributed by atoms with E-state index in [-0.39, 0.29) is 11.4 Å². The molecule has 19 heavy (non-hydrogen) atoms. The van der Waals surface area contributed by atoms with Crippen molar-refractivity contribution in [3.05, 3.63) is 4.88 Å². The van der Waals surface area contributed by atoms with Crippen LogP contribution in [0.25, 0.3) is 0 Å². The van der Waals surface area contributed by atoms with Gasteiger partial charge in [0.2, 0.25) is 0 Å². The molecule has 1 fully saturated rings. The van der Waals surface area contributed by atoms with Crippen molar-refractivity contribution >= 4 is 28.2 Å². The van der Waals surface area contributed by atoms with E-state index in [0.29, 0.717) is 15.8 Å².